The highest BCUT2D eigenvalue weighted by molar-refractivity contribution is 8.00. The number of carbonyl (C=O) groups is 3. The number of nitrogens with zero attached hydrogens (tertiary/aromatic N) is 1. The molecule has 7 heteroatoms. The van der Waals surface area contributed by atoms with E-state index in [1.807, 2.05) is 0 Å². The molecule has 2 rings (SSSR count). The Bertz CT molecular complexity index is 587. The zero-order valence-corrected chi connectivity index (χ0v) is 13.9. The van der Waals surface area contributed by atoms with Gasteiger partial charge in [-0.2, -0.15) is 0 Å². The molecule has 1 amide bonds. The van der Waals surface area contributed by atoms with E-state index in [9.17, 15) is 14.4 Å². The van der Waals surface area contributed by atoms with Crippen molar-refractivity contribution in [2.24, 2.45) is 0 Å². The number of methoxy groups -OCH3 is 2. The molecule has 0 saturated carbocycles. The Morgan fingerprint density at radius 1 is 1.13 bits per heavy atom. The van der Waals surface area contributed by atoms with Crippen molar-refractivity contribution in [3.63, 3.8) is 0 Å². The Hall–Kier alpha value is -2.02. The van der Waals surface area contributed by atoms with Crippen molar-refractivity contribution in [2.45, 2.75) is 11.7 Å². The Labute approximate surface area is 139 Å². The van der Waals surface area contributed by atoms with Gasteiger partial charge in [0.1, 0.15) is 0 Å². The van der Waals surface area contributed by atoms with Gasteiger partial charge in [-0.25, -0.2) is 4.79 Å². The van der Waals surface area contributed by atoms with Crippen LogP contribution in [0.25, 0.3) is 0 Å². The molecule has 1 fully saturated rings. The minimum absolute atomic E-state index is 0.0671. The van der Waals surface area contributed by atoms with Crippen molar-refractivity contribution < 1.29 is 23.9 Å². The lowest BCUT2D eigenvalue weighted by molar-refractivity contribution is -0.137. The van der Waals surface area contributed by atoms with Crippen LogP contribution in [0.5, 0.6) is 0 Å². The van der Waals surface area contributed by atoms with Crippen LogP contribution >= 0.6 is 11.8 Å². The summed E-state index contributed by atoms with van der Waals surface area (Å²) in [7, 11) is 2.68. The van der Waals surface area contributed by atoms with Gasteiger partial charge < -0.3 is 14.4 Å². The third-order valence-corrected chi connectivity index (χ3v) is 4.91. The molecule has 1 aliphatic rings. The van der Waals surface area contributed by atoms with Crippen molar-refractivity contribution in [1.82, 2.24) is 4.90 Å². The van der Waals surface area contributed by atoms with Crippen molar-refractivity contribution in [2.75, 3.05) is 33.1 Å². The van der Waals surface area contributed by atoms with E-state index in [0.29, 0.717) is 30.0 Å². The van der Waals surface area contributed by atoms with Gasteiger partial charge in [-0.05, 0) is 30.7 Å². The summed E-state index contributed by atoms with van der Waals surface area (Å²) in [4.78, 5) is 36.8. The number of thioether (sulfide) groups is 1. The lowest BCUT2D eigenvalue weighted by Crippen LogP contribution is -2.29. The highest BCUT2D eigenvalue weighted by atomic mass is 32.2. The summed E-state index contributed by atoms with van der Waals surface area (Å²) >= 11 is 1.51. The van der Waals surface area contributed by atoms with Gasteiger partial charge in [0.05, 0.1) is 25.5 Å². The Balaban J connectivity index is 1.91. The van der Waals surface area contributed by atoms with E-state index >= 15 is 0 Å². The molecule has 1 aromatic carbocycles. The van der Waals surface area contributed by atoms with Crippen LogP contribution in [0.15, 0.2) is 24.3 Å². The first-order valence-electron chi connectivity index (χ1n) is 7.21. The summed E-state index contributed by atoms with van der Waals surface area (Å²) in [5.41, 5.74) is 0.952. The van der Waals surface area contributed by atoms with Gasteiger partial charge in [0.2, 0.25) is 0 Å². The predicted octanol–water partition coefficient (Wildman–Crippen LogP) is 1.59. The van der Waals surface area contributed by atoms with Crippen LogP contribution < -0.4 is 0 Å². The molecular weight excluding hydrogens is 318 g/mol. The van der Waals surface area contributed by atoms with Gasteiger partial charge >= 0.3 is 11.9 Å². The molecule has 0 N–H and O–H groups in total. The van der Waals surface area contributed by atoms with Crippen LogP contribution in [-0.4, -0.2) is 61.1 Å². The molecule has 1 aliphatic heterocycles. The van der Waals surface area contributed by atoms with Gasteiger partial charge in [-0.15, -0.1) is 11.8 Å². The summed E-state index contributed by atoms with van der Waals surface area (Å²) in [6, 6.07) is 6.42. The molecule has 1 heterocycles. The van der Waals surface area contributed by atoms with Gasteiger partial charge in [0.15, 0.2) is 0 Å². The molecule has 0 aliphatic carbocycles. The maximum Gasteiger partial charge on any atom is 0.337 e. The van der Waals surface area contributed by atoms with Gasteiger partial charge in [-0.3, -0.25) is 9.59 Å². The maximum atomic E-state index is 12.4. The lowest BCUT2D eigenvalue weighted by Gasteiger charge is -2.16. The normalized spacial score (nSPS) is 17.0. The second-order valence-electron chi connectivity index (χ2n) is 5.12. The van der Waals surface area contributed by atoms with E-state index in [0.717, 1.165) is 6.42 Å². The average molecular weight is 337 g/mol. The zero-order valence-electron chi connectivity index (χ0n) is 13.1. The molecule has 1 aromatic rings. The van der Waals surface area contributed by atoms with Crippen molar-refractivity contribution >= 4 is 29.6 Å². The number of hydrogen-bond donors (Lipinski definition) is 0. The van der Waals surface area contributed by atoms with E-state index in [2.05, 4.69) is 9.47 Å². The molecular formula is C16H19NO5S. The first-order chi connectivity index (χ1) is 11.0. The number of ether oxygens (including phenoxy) is 2. The van der Waals surface area contributed by atoms with Crippen molar-refractivity contribution in [1.29, 1.82) is 0 Å². The number of hydrogen-bond acceptors (Lipinski definition) is 6. The summed E-state index contributed by atoms with van der Waals surface area (Å²) in [5.74, 6) is -0.443. The minimum Gasteiger partial charge on any atom is -0.468 e. The number of esters is 2. The fourth-order valence-corrected chi connectivity index (χ4v) is 3.39. The van der Waals surface area contributed by atoms with E-state index in [1.54, 1.807) is 29.2 Å². The van der Waals surface area contributed by atoms with Crippen LogP contribution in [0.4, 0.5) is 0 Å². The molecule has 23 heavy (non-hydrogen) atoms. The third-order valence-electron chi connectivity index (χ3n) is 3.65. The molecule has 0 bridgehead atoms. The maximum absolute atomic E-state index is 12.4. The highest BCUT2D eigenvalue weighted by Crippen LogP contribution is 2.24. The Kier molecular flexibility index (Phi) is 6.04. The number of carbonyl (C=O) groups excluding carboxylic acids is 3. The van der Waals surface area contributed by atoms with Gasteiger partial charge in [0.25, 0.3) is 5.91 Å². The molecule has 0 aromatic heterocycles. The largest absolute Gasteiger partial charge is 0.468 e. The van der Waals surface area contributed by atoms with Crippen LogP contribution in [0.3, 0.4) is 0 Å². The van der Waals surface area contributed by atoms with Gasteiger partial charge in [-0.1, -0.05) is 0 Å². The fourth-order valence-electron chi connectivity index (χ4n) is 2.34. The van der Waals surface area contributed by atoms with E-state index in [4.69, 9.17) is 0 Å². The summed E-state index contributed by atoms with van der Waals surface area (Å²) < 4.78 is 9.25. The second kappa shape index (κ2) is 8.01. The van der Waals surface area contributed by atoms with E-state index in [-0.39, 0.29) is 17.1 Å². The van der Waals surface area contributed by atoms with Crippen molar-refractivity contribution in [3.05, 3.63) is 35.4 Å². The summed E-state index contributed by atoms with van der Waals surface area (Å²) in [6.07, 6.45) is 0.855. The molecule has 1 atom stereocenters. The lowest BCUT2D eigenvalue weighted by atomic mass is 10.1. The standard InChI is InChI=1S/C16H19NO5S/c1-21-14(18)10-23-13-7-8-17(9-13)15(19)11-3-5-12(6-4-11)16(20)22-2/h3-6,13H,7-10H2,1-2H3/t13-/m1/s1. The highest BCUT2D eigenvalue weighted by Gasteiger charge is 2.27. The minimum atomic E-state index is -0.426. The smallest absolute Gasteiger partial charge is 0.337 e. The average Bonchev–Trinajstić information content (AvgIpc) is 3.07. The number of amides is 1. The molecule has 0 spiro atoms. The number of likely N-dealkylation sites (tertiary alicyclic amines) is 1. The van der Waals surface area contributed by atoms with Crippen LogP contribution in [-0.2, 0) is 14.3 Å². The topological polar surface area (TPSA) is 72.9 Å². The second-order valence-corrected chi connectivity index (χ2v) is 6.41. The zero-order chi connectivity index (χ0) is 16.8. The van der Waals surface area contributed by atoms with Gasteiger partial charge in [0, 0.05) is 23.9 Å². The number of benzene rings is 1. The Morgan fingerprint density at radius 2 is 1.78 bits per heavy atom. The van der Waals surface area contributed by atoms with Crippen LogP contribution in [0, 0.1) is 0 Å². The summed E-state index contributed by atoms with van der Waals surface area (Å²) in [5, 5.41) is 0.243. The fraction of sp³-hybridized carbons (Fsp3) is 0.438. The Morgan fingerprint density at radius 3 is 2.39 bits per heavy atom. The van der Waals surface area contributed by atoms with Crippen molar-refractivity contribution in [3.8, 4) is 0 Å². The molecule has 0 radical (unpaired) electrons. The third kappa shape index (κ3) is 4.48. The SMILES string of the molecule is COC(=O)CS[C@@H]1CCN(C(=O)c2ccc(C(=O)OC)cc2)C1. The quantitative estimate of drug-likeness (QED) is 0.760. The van der Waals surface area contributed by atoms with Crippen LogP contribution in [0.2, 0.25) is 0 Å². The first kappa shape index (κ1) is 17.3. The molecule has 6 nitrogen and oxygen atoms in total. The van der Waals surface area contributed by atoms with Crippen LogP contribution in [0.1, 0.15) is 27.1 Å². The molecule has 1 saturated heterocycles. The first-order valence-corrected chi connectivity index (χ1v) is 8.26. The van der Waals surface area contributed by atoms with E-state index < -0.39 is 5.97 Å². The summed E-state index contributed by atoms with van der Waals surface area (Å²) in [6.45, 7) is 1.27. The predicted molar refractivity (Wildman–Crippen MR) is 86.6 cm³/mol. The molecule has 124 valence electrons. The van der Waals surface area contributed by atoms with E-state index in [1.165, 1.54) is 26.0 Å². The molecule has 0 unspecified atom stereocenters. The monoisotopic (exact) mass is 337 g/mol. The number of rotatable bonds is 5.